The molecule has 0 radical (unpaired) electrons. The number of amides is 1. The molecule has 1 fully saturated rings. The lowest BCUT2D eigenvalue weighted by molar-refractivity contribution is -0.387. The molecule has 1 amide bonds. The van der Waals surface area contributed by atoms with Gasteiger partial charge < -0.3 is 14.5 Å². The largest absolute Gasteiger partial charge is 0.444 e. The lowest BCUT2D eigenvalue weighted by Gasteiger charge is -2.36. The maximum Gasteiger partial charge on any atom is 0.410 e. The summed E-state index contributed by atoms with van der Waals surface area (Å²) in [5.74, 6) is 0. The number of rotatable bonds is 4. The number of para-hydroxylation sites is 1. The van der Waals surface area contributed by atoms with Crippen LogP contribution in [0.3, 0.4) is 0 Å². The Hall–Kier alpha value is -3.67. The van der Waals surface area contributed by atoms with Crippen LogP contribution in [0.25, 0.3) is 11.0 Å². The number of aromatic nitrogens is 2. The second kappa shape index (κ2) is 8.60. The molecular weight excluding hydrogens is 462 g/mol. The maximum absolute atomic E-state index is 13.3. The average Bonchev–Trinajstić information content (AvgIpc) is 3.22. The number of pyridine rings is 1. The Bertz CT molecular complexity index is 1350. The molecule has 2 aromatic heterocycles. The number of benzene rings is 1. The fourth-order valence-corrected chi connectivity index (χ4v) is 5.26. The van der Waals surface area contributed by atoms with Crippen molar-refractivity contribution in [2.24, 2.45) is 0 Å². The molecule has 3 heterocycles. The lowest BCUT2D eigenvalue weighted by Crippen LogP contribution is -2.50. The zero-order chi connectivity index (χ0) is 24.7. The summed E-state index contributed by atoms with van der Waals surface area (Å²) in [5, 5.41) is 11.4. The van der Waals surface area contributed by atoms with Crippen molar-refractivity contribution in [3.8, 4) is 0 Å². The van der Waals surface area contributed by atoms with Gasteiger partial charge in [-0.2, -0.15) is 0 Å². The molecule has 4 rings (SSSR count). The molecule has 3 aromatic rings. The number of carbonyl (C=O) groups excluding carboxylic acids is 1. The van der Waals surface area contributed by atoms with Crippen molar-refractivity contribution in [1.29, 1.82) is 0 Å². The Morgan fingerprint density at radius 3 is 2.44 bits per heavy atom. The third-order valence-corrected chi connectivity index (χ3v) is 7.12. The van der Waals surface area contributed by atoms with Gasteiger partial charge in [0.1, 0.15) is 5.60 Å². The summed E-state index contributed by atoms with van der Waals surface area (Å²) in [7, 11) is -4.24. The van der Waals surface area contributed by atoms with Gasteiger partial charge in [-0.15, -0.1) is 0 Å². The number of carbonyl (C=O) groups is 1. The second-order valence-corrected chi connectivity index (χ2v) is 10.7. The molecular formula is C22H25N5O6S. The van der Waals surface area contributed by atoms with E-state index in [0.717, 1.165) is 10.0 Å². The Kier molecular flexibility index (Phi) is 5.94. The van der Waals surface area contributed by atoms with Crippen molar-refractivity contribution in [2.45, 2.75) is 31.3 Å². The molecule has 180 valence electrons. The first-order valence-electron chi connectivity index (χ1n) is 10.7. The van der Waals surface area contributed by atoms with Gasteiger partial charge >= 0.3 is 6.09 Å². The number of piperazine rings is 1. The Labute approximate surface area is 196 Å². The molecule has 11 nitrogen and oxygen atoms in total. The molecule has 1 saturated heterocycles. The molecule has 12 heteroatoms. The van der Waals surface area contributed by atoms with E-state index in [2.05, 4.69) is 4.98 Å². The van der Waals surface area contributed by atoms with Gasteiger partial charge in [-0.25, -0.2) is 17.2 Å². The zero-order valence-corrected chi connectivity index (χ0v) is 19.9. The first-order valence-corrected chi connectivity index (χ1v) is 12.1. The highest BCUT2D eigenvalue weighted by Crippen LogP contribution is 2.29. The van der Waals surface area contributed by atoms with E-state index >= 15 is 0 Å². The standard InChI is InChI=1S/C22H25N5O6S/c1-22(2,3)33-21(28)25-12-10-24(11-13-25)16-14-19-17(23-15-16)8-9-26(19)34(31,32)20-7-5-4-6-18(20)27(29)30/h4-9,14-15H,10-13H2,1-3H3. The zero-order valence-electron chi connectivity index (χ0n) is 19.0. The highest BCUT2D eigenvalue weighted by atomic mass is 32.2. The van der Waals surface area contributed by atoms with Gasteiger partial charge in [0.05, 0.1) is 27.8 Å². The predicted molar refractivity (Wildman–Crippen MR) is 125 cm³/mol. The lowest BCUT2D eigenvalue weighted by atomic mass is 10.2. The topological polar surface area (TPSA) is 128 Å². The molecule has 0 atom stereocenters. The van der Waals surface area contributed by atoms with Gasteiger partial charge in [-0.05, 0) is 39.0 Å². The van der Waals surface area contributed by atoms with Crippen molar-refractivity contribution in [2.75, 3.05) is 31.1 Å². The fourth-order valence-electron chi connectivity index (χ4n) is 3.76. The molecule has 1 aliphatic heterocycles. The van der Waals surface area contributed by atoms with Crippen molar-refractivity contribution in [3.63, 3.8) is 0 Å². The summed E-state index contributed by atoms with van der Waals surface area (Å²) >= 11 is 0. The molecule has 34 heavy (non-hydrogen) atoms. The average molecular weight is 488 g/mol. The molecule has 1 aromatic carbocycles. The van der Waals surface area contributed by atoms with Gasteiger partial charge in [0.15, 0.2) is 4.90 Å². The molecule has 0 N–H and O–H groups in total. The van der Waals surface area contributed by atoms with Crippen molar-refractivity contribution < 1.29 is 22.9 Å². The van der Waals surface area contributed by atoms with Crippen molar-refractivity contribution in [3.05, 3.63) is 58.9 Å². The van der Waals surface area contributed by atoms with E-state index in [1.54, 1.807) is 23.2 Å². The van der Waals surface area contributed by atoms with Gasteiger partial charge in [-0.3, -0.25) is 15.1 Å². The molecule has 1 aliphatic rings. The molecule has 0 aliphatic carbocycles. The SMILES string of the molecule is CC(C)(C)OC(=O)N1CCN(c2cnc3ccn(S(=O)(=O)c4ccccc4[N+](=O)[O-])c3c2)CC1. The third kappa shape index (κ3) is 4.53. The Morgan fingerprint density at radius 2 is 1.79 bits per heavy atom. The number of hydrogen-bond donors (Lipinski definition) is 0. The van der Waals surface area contributed by atoms with Crippen LogP contribution in [0.5, 0.6) is 0 Å². The third-order valence-electron chi connectivity index (χ3n) is 5.38. The summed E-state index contributed by atoms with van der Waals surface area (Å²) in [5.41, 5.74) is 0.373. The van der Waals surface area contributed by atoms with E-state index in [0.29, 0.717) is 42.9 Å². The molecule has 0 spiro atoms. The van der Waals surface area contributed by atoms with Gasteiger partial charge in [0.2, 0.25) is 0 Å². The van der Waals surface area contributed by atoms with E-state index < -0.39 is 31.1 Å². The molecule has 0 bridgehead atoms. The summed E-state index contributed by atoms with van der Waals surface area (Å²) in [6, 6.07) is 8.48. The van der Waals surface area contributed by atoms with E-state index in [9.17, 15) is 23.3 Å². The van der Waals surface area contributed by atoms with Crippen LogP contribution in [-0.4, -0.2) is 65.1 Å². The van der Waals surface area contributed by atoms with Crippen LogP contribution >= 0.6 is 0 Å². The summed E-state index contributed by atoms with van der Waals surface area (Å²) in [6.07, 6.45) is 2.62. The first-order chi connectivity index (χ1) is 16.0. The van der Waals surface area contributed by atoms with E-state index in [4.69, 9.17) is 4.74 Å². The van der Waals surface area contributed by atoms with Gasteiger partial charge in [0, 0.05) is 38.4 Å². The number of nitro benzene ring substituents is 1. The first kappa shape index (κ1) is 23.5. The second-order valence-electron chi connectivity index (χ2n) is 8.89. The summed E-state index contributed by atoms with van der Waals surface area (Å²) in [4.78, 5) is 30.6. The fraction of sp³-hybridized carbons (Fsp3) is 0.364. The predicted octanol–water partition coefficient (Wildman–Crippen LogP) is 3.24. The number of ether oxygens (including phenoxy) is 1. The Morgan fingerprint density at radius 1 is 1.12 bits per heavy atom. The van der Waals surface area contributed by atoms with Crippen LogP contribution < -0.4 is 4.90 Å². The minimum atomic E-state index is -4.24. The summed E-state index contributed by atoms with van der Waals surface area (Å²) < 4.78 is 33.1. The summed E-state index contributed by atoms with van der Waals surface area (Å²) in [6.45, 7) is 7.37. The van der Waals surface area contributed by atoms with Crippen molar-refractivity contribution in [1.82, 2.24) is 13.9 Å². The number of nitro groups is 1. The van der Waals surface area contributed by atoms with E-state index in [1.165, 1.54) is 24.4 Å². The number of nitrogens with zero attached hydrogens (tertiary/aromatic N) is 5. The number of anilines is 1. The Balaban J connectivity index is 1.61. The molecule has 0 saturated carbocycles. The minimum Gasteiger partial charge on any atom is -0.444 e. The van der Waals surface area contributed by atoms with Crippen LogP contribution in [0, 0.1) is 10.1 Å². The van der Waals surface area contributed by atoms with Crippen LogP contribution in [-0.2, 0) is 14.8 Å². The van der Waals surface area contributed by atoms with Crippen LogP contribution in [0.4, 0.5) is 16.2 Å². The maximum atomic E-state index is 13.3. The number of hydrogen-bond acceptors (Lipinski definition) is 8. The highest BCUT2D eigenvalue weighted by Gasteiger charge is 2.29. The quantitative estimate of drug-likeness (QED) is 0.405. The van der Waals surface area contributed by atoms with Gasteiger partial charge in [-0.1, -0.05) is 12.1 Å². The smallest absolute Gasteiger partial charge is 0.410 e. The van der Waals surface area contributed by atoms with Crippen LogP contribution in [0.15, 0.2) is 53.7 Å². The monoisotopic (exact) mass is 487 g/mol. The van der Waals surface area contributed by atoms with E-state index in [-0.39, 0.29) is 6.09 Å². The normalized spacial score (nSPS) is 14.9. The van der Waals surface area contributed by atoms with Crippen molar-refractivity contribution >= 4 is 38.5 Å². The number of fused-ring (bicyclic) bond motifs is 1. The highest BCUT2D eigenvalue weighted by molar-refractivity contribution is 7.90. The molecule has 0 unspecified atom stereocenters. The van der Waals surface area contributed by atoms with Crippen LogP contribution in [0.2, 0.25) is 0 Å². The minimum absolute atomic E-state index is 0.310. The van der Waals surface area contributed by atoms with Gasteiger partial charge in [0.25, 0.3) is 15.7 Å². The van der Waals surface area contributed by atoms with Crippen LogP contribution in [0.1, 0.15) is 20.8 Å². The van der Waals surface area contributed by atoms with E-state index in [1.807, 2.05) is 25.7 Å².